The molecule has 0 radical (unpaired) electrons. The van der Waals surface area contributed by atoms with Crippen LogP contribution in [0.25, 0.3) is 16.6 Å². The minimum atomic E-state index is -0.848. The summed E-state index contributed by atoms with van der Waals surface area (Å²) in [5.74, 6) is -0.0701. The fraction of sp³-hybridized carbons (Fsp3) is 0.111. The average molecular weight is 340 g/mol. The third-order valence-electron chi connectivity index (χ3n) is 3.87. The number of phenolic OH excluding ortho intramolecular Hbond substituents is 1. The molecule has 0 spiro atoms. The number of rotatable bonds is 4. The monoisotopic (exact) mass is 340 g/mol. The molecule has 3 rings (SSSR count). The predicted molar refractivity (Wildman–Crippen MR) is 92.8 cm³/mol. The molecular weight excluding hydrogens is 324 g/mol. The highest BCUT2D eigenvalue weighted by molar-refractivity contribution is 5.98. The van der Waals surface area contributed by atoms with Crippen molar-refractivity contribution < 1.29 is 19.4 Å². The number of hydrogen-bond acceptors (Lipinski definition) is 5. The van der Waals surface area contributed by atoms with E-state index < -0.39 is 11.3 Å². The number of phenols is 1. The molecule has 3 N–H and O–H groups in total. The smallest absolute Gasteiger partial charge is 0.254 e. The maximum Gasteiger partial charge on any atom is 0.254 e. The Morgan fingerprint density at radius 3 is 2.52 bits per heavy atom. The highest BCUT2D eigenvalue weighted by Crippen LogP contribution is 2.31. The summed E-state index contributed by atoms with van der Waals surface area (Å²) < 4.78 is 12.2. The number of nitrogens with zero attached hydrogens (tertiary/aromatic N) is 1. The topological polar surface area (TPSA) is 104 Å². The van der Waals surface area contributed by atoms with Gasteiger partial charge in [0.2, 0.25) is 5.43 Å². The van der Waals surface area contributed by atoms with E-state index in [4.69, 9.17) is 15.2 Å². The van der Waals surface area contributed by atoms with Crippen molar-refractivity contribution in [3.05, 3.63) is 58.4 Å². The van der Waals surface area contributed by atoms with Crippen LogP contribution >= 0.6 is 0 Å². The van der Waals surface area contributed by atoms with E-state index in [1.807, 2.05) is 0 Å². The largest absolute Gasteiger partial charge is 0.508 e. The molecule has 25 heavy (non-hydrogen) atoms. The van der Waals surface area contributed by atoms with Crippen LogP contribution in [0.3, 0.4) is 0 Å². The minimum absolute atomic E-state index is 0.0415. The first-order valence-electron chi connectivity index (χ1n) is 7.37. The number of benzene rings is 2. The molecule has 0 saturated carbocycles. The number of aromatic nitrogens is 1. The number of nitrogens with two attached hydrogens (primary N) is 1. The standard InChI is InChI=1S/C18H16N2O5/c1-24-12-7-14-16(15(8-12)25-2)17(22)13(18(19)23)9-20(14)10-4-3-5-11(21)6-10/h3-9,21H,1-2H3,(H2,19,23). The molecule has 1 amide bonds. The fourth-order valence-corrected chi connectivity index (χ4v) is 2.70. The molecule has 1 aromatic heterocycles. The van der Waals surface area contributed by atoms with Gasteiger partial charge in [0.15, 0.2) is 0 Å². The zero-order chi connectivity index (χ0) is 18.1. The Morgan fingerprint density at radius 2 is 1.92 bits per heavy atom. The number of hydrogen-bond donors (Lipinski definition) is 2. The zero-order valence-corrected chi connectivity index (χ0v) is 13.6. The number of amides is 1. The van der Waals surface area contributed by atoms with E-state index in [0.717, 1.165) is 0 Å². The quantitative estimate of drug-likeness (QED) is 0.754. The summed E-state index contributed by atoms with van der Waals surface area (Å²) in [7, 11) is 2.92. The number of pyridine rings is 1. The van der Waals surface area contributed by atoms with Gasteiger partial charge in [0.05, 0.1) is 25.1 Å². The molecule has 2 aromatic carbocycles. The number of fused-ring (bicyclic) bond motifs is 1. The fourth-order valence-electron chi connectivity index (χ4n) is 2.70. The van der Waals surface area contributed by atoms with Crippen molar-refractivity contribution in [2.24, 2.45) is 5.73 Å². The highest BCUT2D eigenvalue weighted by atomic mass is 16.5. The van der Waals surface area contributed by atoms with Gasteiger partial charge in [0.1, 0.15) is 22.8 Å². The van der Waals surface area contributed by atoms with Gasteiger partial charge in [-0.25, -0.2) is 0 Å². The highest BCUT2D eigenvalue weighted by Gasteiger charge is 2.19. The Labute approximate surface area is 142 Å². The van der Waals surface area contributed by atoms with E-state index in [0.29, 0.717) is 17.0 Å². The Bertz CT molecular complexity index is 1040. The second-order valence-electron chi connectivity index (χ2n) is 5.35. The Hall–Kier alpha value is -3.48. The lowest BCUT2D eigenvalue weighted by atomic mass is 10.1. The van der Waals surface area contributed by atoms with Crippen molar-refractivity contribution in [3.8, 4) is 22.9 Å². The molecule has 0 fully saturated rings. The molecule has 128 valence electrons. The molecule has 0 aliphatic rings. The third-order valence-corrected chi connectivity index (χ3v) is 3.87. The Morgan fingerprint density at radius 1 is 1.16 bits per heavy atom. The van der Waals surface area contributed by atoms with Crippen LogP contribution in [-0.4, -0.2) is 29.8 Å². The number of ether oxygens (including phenoxy) is 2. The van der Waals surface area contributed by atoms with Gasteiger partial charge >= 0.3 is 0 Å². The number of aromatic hydroxyl groups is 1. The van der Waals surface area contributed by atoms with Crippen molar-refractivity contribution in [2.45, 2.75) is 0 Å². The summed E-state index contributed by atoms with van der Waals surface area (Å²) in [6.07, 6.45) is 1.35. The molecule has 0 aliphatic carbocycles. The number of carbonyl (C=O) groups excluding carboxylic acids is 1. The maximum atomic E-state index is 12.7. The molecule has 3 aromatic rings. The van der Waals surface area contributed by atoms with Crippen LogP contribution < -0.4 is 20.6 Å². The van der Waals surface area contributed by atoms with Crippen LogP contribution in [0.15, 0.2) is 47.4 Å². The molecule has 7 heteroatoms. The maximum absolute atomic E-state index is 12.7. The normalized spacial score (nSPS) is 10.6. The van der Waals surface area contributed by atoms with Crippen LogP contribution in [0.2, 0.25) is 0 Å². The van der Waals surface area contributed by atoms with Crippen LogP contribution in [0.5, 0.6) is 17.2 Å². The average Bonchev–Trinajstić information content (AvgIpc) is 2.60. The Kier molecular flexibility index (Phi) is 4.06. The van der Waals surface area contributed by atoms with Crippen LogP contribution in [0.4, 0.5) is 0 Å². The van der Waals surface area contributed by atoms with E-state index in [1.165, 1.54) is 32.5 Å². The van der Waals surface area contributed by atoms with Crippen LogP contribution in [0, 0.1) is 0 Å². The van der Waals surface area contributed by atoms with Crippen LogP contribution in [-0.2, 0) is 0 Å². The summed E-state index contributed by atoms with van der Waals surface area (Å²) in [6, 6.07) is 9.59. The second kappa shape index (κ2) is 6.20. The number of primary amides is 1. The molecule has 0 aliphatic heterocycles. The van der Waals surface area contributed by atoms with Gasteiger partial charge in [0.25, 0.3) is 5.91 Å². The second-order valence-corrected chi connectivity index (χ2v) is 5.35. The summed E-state index contributed by atoms with van der Waals surface area (Å²) in [4.78, 5) is 24.4. The molecule has 0 unspecified atom stereocenters. The van der Waals surface area contributed by atoms with Gasteiger partial charge in [0, 0.05) is 30.1 Å². The molecular formula is C18H16N2O5. The lowest BCUT2D eigenvalue weighted by molar-refractivity contribution is 0.0999. The molecule has 7 nitrogen and oxygen atoms in total. The van der Waals surface area contributed by atoms with Gasteiger partial charge in [-0.3, -0.25) is 9.59 Å². The first kappa shape index (κ1) is 16.4. The van der Waals surface area contributed by atoms with Crippen molar-refractivity contribution in [1.29, 1.82) is 0 Å². The van der Waals surface area contributed by atoms with Crippen molar-refractivity contribution in [3.63, 3.8) is 0 Å². The summed E-state index contributed by atoms with van der Waals surface area (Å²) in [6.45, 7) is 0. The van der Waals surface area contributed by atoms with E-state index in [1.54, 1.807) is 28.8 Å². The number of carbonyl (C=O) groups is 1. The Balaban J connectivity index is 2.52. The summed E-state index contributed by atoms with van der Waals surface area (Å²) in [5, 5.41) is 9.96. The molecule has 0 saturated heterocycles. The SMILES string of the molecule is COc1cc(OC)c2c(=O)c(C(N)=O)cn(-c3cccc(O)c3)c2c1. The predicted octanol–water partition coefficient (Wildman–Crippen LogP) is 1.81. The van der Waals surface area contributed by atoms with Gasteiger partial charge in [-0.05, 0) is 12.1 Å². The van der Waals surface area contributed by atoms with Gasteiger partial charge in [-0.2, -0.15) is 0 Å². The van der Waals surface area contributed by atoms with Gasteiger partial charge < -0.3 is 24.9 Å². The van der Waals surface area contributed by atoms with E-state index in [9.17, 15) is 14.7 Å². The molecule has 0 bridgehead atoms. The van der Waals surface area contributed by atoms with Crippen molar-refractivity contribution in [2.75, 3.05) is 14.2 Å². The number of methoxy groups -OCH3 is 2. The van der Waals surface area contributed by atoms with Crippen molar-refractivity contribution >= 4 is 16.8 Å². The van der Waals surface area contributed by atoms with Crippen molar-refractivity contribution in [1.82, 2.24) is 4.57 Å². The first-order valence-corrected chi connectivity index (χ1v) is 7.37. The first-order chi connectivity index (χ1) is 12.0. The lowest BCUT2D eigenvalue weighted by Gasteiger charge is -2.16. The summed E-state index contributed by atoms with van der Waals surface area (Å²) in [5.41, 5.74) is 5.65. The van der Waals surface area contributed by atoms with Gasteiger partial charge in [-0.1, -0.05) is 6.07 Å². The van der Waals surface area contributed by atoms with Gasteiger partial charge in [-0.15, -0.1) is 0 Å². The zero-order valence-electron chi connectivity index (χ0n) is 13.6. The van der Waals surface area contributed by atoms with E-state index in [2.05, 4.69) is 0 Å². The van der Waals surface area contributed by atoms with Crippen LogP contribution in [0.1, 0.15) is 10.4 Å². The van der Waals surface area contributed by atoms with E-state index in [-0.39, 0.29) is 22.4 Å². The third kappa shape index (κ3) is 2.76. The lowest BCUT2D eigenvalue weighted by Crippen LogP contribution is -2.24. The van der Waals surface area contributed by atoms with E-state index >= 15 is 0 Å². The molecule has 0 atom stereocenters. The molecule has 1 heterocycles. The summed E-state index contributed by atoms with van der Waals surface area (Å²) >= 11 is 0. The minimum Gasteiger partial charge on any atom is -0.508 e.